The van der Waals surface area contributed by atoms with Crippen molar-refractivity contribution in [3.05, 3.63) is 65.5 Å². The fraction of sp³-hybridized carbons (Fsp3) is 0.125. The van der Waals surface area contributed by atoms with E-state index in [1.165, 1.54) is 18.2 Å². The molecule has 0 fully saturated rings. The average molecular weight is 319 g/mol. The zero-order chi connectivity index (χ0) is 16.8. The van der Waals surface area contributed by atoms with Gasteiger partial charge < -0.3 is 10.6 Å². The molecule has 2 N–H and O–H groups in total. The summed E-state index contributed by atoms with van der Waals surface area (Å²) in [6.45, 7) is -0.232. The minimum absolute atomic E-state index is 0.131. The third kappa shape index (κ3) is 4.48. The van der Waals surface area contributed by atoms with Crippen molar-refractivity contribution < 1.29 is 18.0 Å². The Morgan fingerprint density at radius 1 is 1.13 bits per heavy atom. The van der Waals surface area contributed by atoms with Crippen molar-refractivity contribution in [2.45, 2.75) is 6.04 Å². The SMILES string of the molecule is N#C[C@@H](NC(=O)CNc1cccc(F)c1)c1ccc(F)cc1F. The van der Waals surface area contributed by atoms with Crippen molar-refractivity contribution >= 4 is 11.6 Å². The fourth-order valence-electron chi connectivity index (χ4n) is 1.91. The van der Waals surface area contributed by atoms with E-state index in [1.807, 2.05) is 0 Å². The zero-order valence-corrected chi connectivity index (χ0v) is 11.8. The molecule has 0 saturated carbocycles. The highest BCUT2D eigenvalue weighted by atomic mass is 19.1. The number of carbonyl (C=O) groups is 1. The molecule has 0 radical (unpaired) electrons. The first-order valence-corrected chi connectivity index (χ1v) is 6.63. The van der Waals surface area contributed by atoms with Gasteiger partial charge in [-0.1, -0.05) is 12.1 Å². The smallest absolute Gasteiger partial charge is 0.240 e. The number of benzene rings is 2. The second-order valence-corrected chi connectivity index (χ2v) is 4.66. The fourth-order valence-corrected chi connectivity index (χ4v) is 1.91. The summed E-state index contributed by atoms with van der Waals surface area (Å²) >= 11 is 0. The van der Waals surface area contributed by atoms with Gasteiger partial charge in [0.25, 0.3) is 0 Å². The monoisotopic (exact) mass is 319 g/mol. The molecule has 7 heteroatoms. The number of halogens is 3. The number of nitriles is 1. The van der Waals surface area contributed by atoms with Gasteiger partial charge in [-0.2, -0.15) is 5.26 Å². The number of anilines is 1. The van der Waals surface area contributed by atoms with Crippen molar-refractivity contribution in [1.29, 1.82) is 5.26 Å². The third-order valence-electron chi connectivity index (χ3n) is 2.99. The molecule has 1 amide bonds. The Kier molecular flexibility index (Phi) is 5.20. The molecule has 2 aromatic carbocycles. The number of amides is 1. The van der Waals surface area contributed by atoms with E-state index in [2.05, 4.69) is 10.6 Å². The van der Waals surface area contributed by atoms with Crippen LogP contribution in [0.5, 0.6) is 0 Å². The van der Waals surface area contributed by atoms with Gasteiger partial charge in [-0.3, -0.25) is 4.79 Å². The maximum atomic E-state index is 13.6. The molecule has 0 bridgehead atoms. The third-order valence-corrected chi connectivity index (χ3v) is 2.99. The first kappa shape index (κ1) is 16.4. The van der Waals surface area contributed by atoms with Crippen molar-refractivity contribution in [2.75, 3.05) is 11.9 Å². The molecule has 0 saturated heterocycles. The molecule has 4 nitrogen and oxygen atoms in total. The van der Waals surface area contributed by atoms with E-state index in [0.717, 1.165) is 12.1 Å². The van der Waals surface area contributed by atoms with Crippen LogP contribution in [0.3, 0.4) is 0 Å². The topological polar surface area (TPSA) is 64.9 Å². The van der Waals surface area contributed by atoms with Crippen LogP contribution in [0.25, 0.3) is 0 Å². The van der Waals surface area contributed by atoms with Crippen molar-refractivity contribution in [3.63, 3.8) is 0 Å². The van der Waals surface area contributed by atoms with Crippen LogP contribution in [-0.4, -0.2) is 12.5 Å². The predicted octanol–water partition coefficient (Wildman–Crippen LogP) is 2.90. The molecule has 0 unspecified atom stereocenters. The summed E-state index contributed by atoms with van der Waals surface area (Å²) in [7, 11) is 0. The average Bonchev–Trinajstić information content (AvgIpc) is 2.51. The van der Waals surface area contributed by atoms with E-state index in [0.29, 0.717) is 11.8 Å². The van der Waals surface area contributed by atoms with Crippen LogP contribution in [0, 0.1) is 28.8 Å². The van der Waals surface area contributed by atoms with Crippen molar-refractivity contribution in [3.8, 4) is 6.07 Å². The number of rotatable bonds is 5. The van der Waals surface area contributed by atoms with E-state index >= 15 is 0 Å². The van der Waals surface area contributed by atoms with Crippen molar-refractivity contribution in [2.24, 2.45) is 0 Å². The summed E-state index contributed by atoms with van der Waals surface area (Å²) in [6.07, 6.45) is 0. The summed E-state index contributed by atoms with van der Waals surface area (Å²) in [5.74, 6) is -2.75. The number of nitrogens with one attached hydrogen (secondary N) is 2. The van der Waals surface area contributed by atoms with Crippen LogP contribution in [-0.2, 0) is 4.79 Å². The lowest BCUT2D eigenvalue weighted by atomic mass is 10.1. The van der Waals surface area contributed by atoms with E-state index in [1.54, 1.807) is 12.1 Å². The quantitative estimate of drug-likeness (QED) is 0.890. The van der Waals surface area contributed by atoms with Gasteiger partial charge in [0.15, 0.2) is 0 Å². The summed E-state index contributed by atoms with van der Waals surface area (Å²) in [6, 6.07) is 8.72. The first-order valence-electron chi connectivity index (χ1n) is 6.63. The molecule has 0 spiro atoms. The highest BCUT2D eigenvalue weighted by Gasteiger charge is 2.18. The molecular weight excluding hydrogens is 307 g/mol. The lowest BCUT2D eigenvalue weighted by Crippen LogP contribution is -2.33. The Hall–Kier alpha value is -3.01. The molecule has 2 aromatic rings. The molecule has 0 aromatic heterocycles. The number of nitrogens with zero attached hydrogens (tertiary/aromatic N) is 1. The summed E-state index contributed by atoms with van der Waals surface area (Å²) in [5, 5.41) is 14.0. The summed E-state index contributed by atoms with van der Waals surface area (Å²) in [4.78, 5) is 11.8. The van der Waals surface area contributed by atoms with E-state index in [-0.39, 0.29) is 12.1 Å². The van der Waals surface area contributed by atoms with Gasteiger partial charge in [-0.05, 0) is 24.3 Å². The Morgan fingerprint density at radius 2 is 1.87 bits per heavy atom. The van der Waals surface area contributed by atoms with Gasteiger partial charge in [0.05, 0.1) is 12.6 Å². The predicted molar refractivity (Wildman–Crippen MR) is 77.7 cm³/mol. The van der Waals surface area contributed by atoms with Crippen LogP contribution in [0.2, 0.25) is 0 Å². The Labute approximate surface area is 130 Å². The van der Waals surface area contributed by atoms with Gasteiger partial charge in [0.1, 0.15) is 23.5 Å². The molecule has 1 atom stereocenters. The normalized spacial score (nSPS) is 11.4. The van der Waals surface area contributed by atoms with E-state index < -0.39 is 29.4 Å². The number of hydrogen-bond acceptors (Lipinski definition) is 3. The first-order chi connectivity index (χ1) is 11.0. The van der Waals surface area contributed by atoms with Crippen LogP contribution < -0.4 is 10.6 Å². The Bertz CT molecular complexity index is 758. The molecule has 0 heterocycles. The van der Waals surface area contributed by atoms with Crippen LogP contribution in [0.15, 0.2) is 42.5 Å². The van der Waals surface area contributed by atoms with Gasteiger partial charge in [-0.25, -0.2) is 13.2 Å². The molecule has 0 aliphatic heterocycles. The van der Waals surface area contributed by atoms with Crippen LogP contribution in [0.1, 0.15) is 11.6 Å². The molecule has 23 heavy (non-hydrogen) atoms. The van der Waals surface area contributed by atoms with Gasteiger partial charge >= 0.3 is 0 Å². The summed E-state index contributed by atoms with van der Waals surface area (Å²) in [5.41, 5.74) is 0.259. The number of carbonyl (C=O) groups excluding carboxylic acids is 1. The maximum Gasteiger partial charge on any atom is 0.240 e. The lowest BCUT2D eigenvalue weighted by molar-refractivity contribution is -0.119. The van der Waals surface area contributed by atoms with Crippen LogP contribution >= 0.6 is 0 Å². The van der Waals surface area contributed by atoms with E-state index in [9.17, 15) is 18.0 Å². The molecule has 118 valence electrons. The van der Waals surface area contributed by atoms with Gasteiger partial charge in [0.2, 0.25) is 5.91 Å². The highest BCUT2D eigenvalue weighted by Crippen LogP contribution is 2.17. The summed E-state index contributed by atoms with van der Waals surface area (Å²) < 4.78 is 39.5. The Morgan fingerprint density at radius 3 is 2.52 bits per heavy atom. The molecule has 0 aliphatic carbocycles. The van der Waals surface area contributed by atoms with Gasteiger partial charge in [0, 0.05) is 17.3 Å². The zero-order valence-electron chi connectivity index (χ0n) is 11.8. The highest BCUT2D eigenvalue weighted by molar-refractivity contribution is 5.81. The second-order valence-electron chi connectivity index (χ2n) is 4.66. The minimum Gasteiger partial charge on any atom is -0.376 e. The van der Waals surface area contributed by atoms with Crippen molar-refractivity contribution in [1.82, 2.24) is 5.32 Å². The standard InChI is InChI=1S/C16H12F3N3O/c17-10-2-1-3-12(6-10)21-9-16(23)22-15(8-20)13-5-4-11(18)7-14(13)19/h1-7,15,21H,9H2,(H,22,23)/t15-/m1/s1. The largest absolute Gasteiger partial charge is 0.376 e. The molecule has 2 rings (SSSR count). The van der Waals surface area contributed by atoms with Gasteiger partial charge in [-0.15, -0.1) is 0 Å². The lowest BCUT2D eigenvalue weighted by Gasteiger charge is -2.13. The molecule has 0 aliphatic rings. The van der Waals surface area contributed by atoms with Crippen LogP contribution in [0.4, 0.5) is 18.9 Å². The van der Waals surface area contributed by atoms with E-state index in [4.69, 9.17) is 5.26 Å². The maximum absolute atomic E-state index is 13.6. The second kappa shape index (κ2) is 7.31. The molecular formula is C16H12F3N3O. The minimum atomic E-state index is -1.25. The number of hydrogen-bond donors (Lipinski definition) is 2. The Balaban J connectivity index is 1.99.